The average Bonchev–Trinajstić information content (AvgIpc) is 3.57. The van der Waals surface area contributed by atoms with Crippen molar-refractivity contribution in [3.05, 3.63) is 76.2 Å². The van der Waals surface area contributed by atoms with Crippen LogP contribution in [0.25, 0.3) is 10.9 Å². The van der Waals surface area contributed by atoms with E-state index in [1.807, 2.05) is 19.1 Å². The molecule has 1 aliphatic carbocycles. The Kier molecular flexibility index (Phi) is 7.00. The lowest BCUT2D eigenvalue weighted by molar-refractivity contribution is -0.182. The molecule has 214 valence electrons. The van der Waals surface area contributed by atoms with Crippen molar-refractivity contribution in [1.82, 2.24) is 25.0 Å². The van der Waals surface area contributed by atoms with Crippen molar-refractivity contribution < 1.29 is 17.6 Å². The summed E-state index contributed by atoms with van der Waals surface area (Å²) >= 11 is 0. The summed E-state index contributed by atoms with van der Waals surface area (Å²) in [5.41, 5.74) is 2.88. The smallest absolute Gasteiger partial charge is 0.383 e. The van der Waals surface area contributed by atoms with Gasteiger partial charge in [-0.05, 0) is 67.3 Å². The highest BCUT2D eigenvalue weighted by Gasteiger charge is 2.66. The Labute approximate surface area is 235 Å². The number of aryl methyl sites for hydroxylation is 2. The van der Waals surface area contributed by atoms with Gasteiger partial charge in [-0.15, -0.1) is 5.10 Å². The molecular formula is C30H31F4N7. The van der Waals surface area contributed by atoms with Gasteiger partial charge >= 0.3 is 6.18 Å². The molecule has 0 unspecified atom stereocenters. The number of hydrogen-bond acceptors (Lipinski definition) is 6. The fourth-order valence-electron chi connectivity index (χ4n) is 5.23. The van der Waals surface area contributed by atoms with Gasteiger partial charge in [-0.25, -0.2) is 9.67 Å². The molecule has 7 nitrogen and oxygen atoms in total. The van der Waals surface area contributed by atoms with Crippen LogP contribution >= 0.6 is 0 Å². The quantitative estimate of drug-likeness (QED) is 0.197. The Morgan fingerprint density at radius 3 is 2.49 bits per heavy atom. The second kappa shape index (κ2) is 10.1. The summed E-state index contributed by atoms with van der Waals surface area (Å²) in [6.07, 6.45) is -1.31. The molecule has 1 N–H and O–H groups in total. The summed E-state index contributed by atoms with van der Waals surface area (Å²) in [5.74, 6) is -1.19. The van der Waals surface area contributed by atoms with Crippen molar-refractivity contribution >= 4 is 16.6 Å². The molecule has 1 atom stereocenters. The van der Waals surface area contributed by atoms with Crippen LogP contribution in [0.5, 0.6) is 0 Å². The third-order valence-corrected chi connectivity index (χ3v) is 7.60. The molecule has 3 aromatic heterocycles. The monoisotopic (exact) mass is 565 g/mol. The first kappa shape index (κ1) is 28.5. The summed E-state index contributed by atoms with van der Waals surface area (Å²) in [6, 6.07) is 8.97. The molecule has 11 heteroatoms. The predicted molar refractivity (Wildman–Crippen MR) is 147 cm³/mol. The van der Waals surface area contributed by atoms with Gasteiger partial charge in [0.05, 0.1) is 28.7 Å². The number of benzene rings is 1. The van der Waals surface area contributed by atoms with Crippen molar-refractivity contribution in [3.8, 4) is 6.07 Å². The molecule has 0 bridgehead atoms. The standard InChI is InChI=1S/C30H31F4N7/c1-17-10-19(12-23-26(17)36-14-20(13-35)27(23)37-16-28(3,4)5)11-22(21-6-7-25(31)38-18(21)2)24-15-41(40-39-24)29(8-9-29)30(32,33)34/h6-7,10,12,14-15,22H,8-9,11,16H2,1-5H3,(H,36,37)/t22-/m0/s1. The lowest BCUT2D eigenvalue weighted by atomic mass is 9.87. The third kappa shape index (κ3) is 5.47. The number of halogens is 4. The van der Waals surface area contributed by atoms with E-state index in [0.717, 1.165) is 26.7 Å². The molecule has 4 aromatic rings. The molecule has 5 rings (SSSR count). The van der Waals surface area contributed by atoms with Crippen LogP contribution < -0.4 is 5.32 Å². The van der Waals surface area contributed by atoms with Gasteiger partial charge in [-0.2, -0.15) is 22.8 Å². The number of alkyl halides is 3. The fraction of sp³-hybridized carbons (Fsp3) is 0.433. The maximum absolute atomic E-state index is 13.9. The normalized spacial score (nSPS) is 15.5. The number of nitriles is 1. The van der Waals surface area contributed by atoms with Crippen LogP contribution in [0.2, 0.25) is 0 Å². The second-order valence-corrected chi connectivity index (χ2v) is 12.1. The summed E-state index contributed by atoms with van der Waals surface area (Å²) in [4.78, 5) is 8.49. The SMILES string of the molecule is Cc1nc(F)ccc1[C@H](Cc1cc(C)c2ncc(C#N)c(NCC(C)(C)C)c2c1)c1cn(C2(C(F)(F)F)CC2)nn1. The van der Waals surface area contributed by atoms with Gasteiger partial charge in [-0.3, -0.25) is 4.98 Å². The van der Waals surface area contributed by atoms with Crippen molar-refractivity contribution in [2.45, 2.75) is 71.5 Å². The Morgan fingerprint density at radius 2 is 1.88 bits per heavy atom. The van der Waals surface area contributed by atoms with Crippen LogP contribution in [0.1, 0.15) is 73.2 Å². The van der Waals surface area contributed by atoms with Crippen molar-refractivity contribution in [2.24, 2.45) is 5.41 Å². The molecule has 41 heavy (non-hydrogen) atoms. The van der Waals surface area contributed by atoms with Crippen LogP contribution in [0.15, 0.2) is 36.7 Å². The van der Waals surface area contributed by atoms with E-state index in [1.165, 1.54) is 12.3 Å². The molecule has 0 saturated heterocycles. The first-order valence-corrected chi connectivity index (χ1v) is 13.4. The van der Waals surface area contributed by atoms with Crippen molar-refractivity contribution in [3.63, 3.8) is 0 Å². The summed E-state index contributed by atoms with van der Waals surface area (Å²) in [7, 11) is 0. The van der Waals surface area contributed by atoms with E-state index >= 15 is 0 Å². The Hall–Kier alpha value is -4.07. The van der Waals surface area contributed by atoms with Crippen LogP contribution in [-0.4, -0.2) is 37.7 Å². The minimum Gasteiger partial charge on any atom is -0.383 e. The van der Waals surface area contributed by atoms with E-state index < -0.39 is 23.6 Å². The van der Waals surface area contributed by atoms with E-state index in [0.29, 0.717) is 41.2 Å². The number of nitrogens with zero attached hydrogens (tertiary/aromatic N) is 6. The zero-order valence-corrected chi connectivity index (χ0v) is 23.6. The van der Waals surface area contributed by atoms with Gasteiger partial charge in [0.2, 0.25) is 5.95 Å². The van der Waals surface area contributed by atoms with Gasteiger partial charge in [0.15, 0.2) is 5.54 Å². The second-order valence-electron chi connectivity index (χ2n) is 12.1. The largest absolute Gasteiger partial charge is 0.413 e. The van der Waals surface area contributed by atoms with E-state index in [-0.39, 0.29) is 18.3 Å². The number of anilines is 1. The molecule has 1 aliphatic rings. The van der Waals surface area contributed by atoms with Gasteiger partial charge in [0, 0.05) is 29.7 Å². The maximum atomic E-state index is 13.9. The number of aromatic nitrogens is 5. The Bertz CT molecular complexity index is 1660. The van der Waals surface area contributed by atoms with Gasteiger partial charge in [-0.1, -0.05) is 38.1 Å². The Balaban J connectivity index is 1.61. The molecular weight excluding hydrogens is 534 g/mol. The third-order valence-electron chi connectivity index (χ3n) is 7.60. The highest BCUT2D eigenvalue weighted by molar-refractivity contribution is 5.96. The number of fused-ring (bicyclic) bond motifs is 1. The van der Waals surface area contributed by atoms with Crippen LogP contribution in [0, 0.1) is 36.5 Å². The number of rotatable bonds is 7. The number of hydrogen-bond donors (Lipinski definition) is 1. The lowest BCUT2D eigenvalue weighted by Gasteiger charge is -2.22. The molecule has 0 aliphatic heterocycles. The van der Waals surface area contributed by atoms with Crippen LogP contribution in [0.4, 0.5) is 23.2 Å². The maximum Gasteiger partial charge on any atom is 0.413 e. The van der Waals surface area contributed by atoms with E-state index in [1.54, 1.807) is 19.2 Å². The molecule has 0 amide bonds. The summed E-state index contributed by atoms with van der Waals surface area (Å²) in [6.45, 7) is 10.5. The minimum absolute atomic E-state index is 0.0473. The topological polar surface area (TPSA) is 92.3 Å². The molecule has 1 saturated carbocycles. The fourth-order valence-corrected chi connectivity index (χ4v) is 5.23. The number of nitrogens with one attached hydrogen (secondary N) is 1. The highest BCUT2D eigenvalue weighted by Crippen LogP contribution is 2.55. The van der Waals surface area contributed by atoms with Gasteiger partial charge < -0.3 is 5.32 Å². The average molecular weight is 566 g/mol. The highest BCUT2D eigenvalue weighted by atomic mass is 19.4. The van der Waals surface area contributed by atoms with Crippen LogP contribution in [-0.2, 0) is 12.0 Å². The molecule has 0 radical (unpaired) electrons. The zero-order chi connectivity index (χ0) is 29.7. The summed E-state index contributed by atoms with van der Waals surface area (Å²) < 4.78 is 56.3. The minimum atomic E-state index is -4.45. The van der Waals surface area contributed by atoms with Crippen LogP contribution in [0.3, 0.4) is 0 Å². The van der Waals surface area contributed by atoms with E-state index in [4.69, 9.17) is 0 Å². The van der Waals surface area contributed by atoms with Crippen molar-refractivity contribution in [1.29, 1.82) is 5.26 Å². The van der Waals surface area contributed by atoms with Gasteiger partial charge in [0.1, 0.15) is 6.07 Å². The van der Waals surface area contributed by atoms with E-state index in [2.05, 4.69) is 52.4 Å². The first-order valence-electron chi connectivity index (χ1n) is 13.4. The zero-order valence-electron chi connectivity index (χ0n) is 23.6. The molecule has 1 fully saturated rings. The number of pyridine rings is 2. The summed E-state index contributed by atoms with van der Waals surface area (Å²) in [5, 5.41) is 22.1. The molecule has 3 heterocycles. The Morgan fingerprint density at radius 1 is 1.15 bits per heavy atom. The van der Waals surface area contributed by atoms with E-state index in [9.17, 15) is 22.8 Å². The predicted octanol–water partition coefficient (Wildman–Crippen LogP) is 6.73. The lowest BCUT2D eigenvalue weighted by Crippen LogP contribution is -2.35. The first-order chi connectivity index (χ1) is 19.2. The van der Waals surface area contributed by atoms with Crippen molar-refractivity contribution in [2.75, 3.05) is 11.9 Å². The van der Waals surface area contributed by atoms with Gasteiger partial charge in [0.25, 0.3) is 0 Å². The molecule has 1 aromatic carbocycles. The molecule has 0 spiro atoms.